The third-order valence-corrected chi connectivity index (χ3v) is 4.64. The number of amides is 1. The summed E-state index contributed by atoms with van der Waals surface area (Å²) >= 11 is 0. The average Bonchev–Trinajstić information content (AvgIpc) is 2.55. The number of nitrogens with one attached hydrogen (secondary N) is 2. The van der Waals surface area contributed by atoms with Crippen LogP contribution in [0.2, 0.25) is 0 Å². The van der Waals surface area contributed by atoms with Gasteiger partial charge in [0.25, 0.3) is 5.91 Å². The summed E-state index contributed by atoms with van der Waals surface area (Å²) in [6.45, 7) is 5.48. The Hall–Kier alpha value is -2.44. The number of benzene rings is 2. The summed E-state index contributed by atoms with van der Waals surface area (Å²) in [5.41, 5.74) is 1.89. The molecule has 2 aromatic rings. The van der Waals surface area contributed by atoms with Gasteiger partial charge in [-0.05, 0) is 36.8 Å². The molecule has 2 aromatic carbocycles. The predicted octanol–water partition coefficient (Wildman–Crippen LogP) is 2.71. The summed E-state index contributed by atoms with van der Waals surface area (Å²) in [5, 5.41) is 2.78. The molecule has 2 N–H and O–H groups in total. The van der Waals surface area contributed by atoms with Gasteiger partial charge in [0.1, 0.15) is 0 Å². The van der Waals surface area contributed by atoms with Crippen molar-refractivity contribution in [3.8, 4) is 0 Å². The quantitative estimate of drug-likeness (QED) is 0.800. The van der Waals surface area contributed by atoms with Crippen molar-refractivity contribution in [1.82, 2.24) is 4.72 Å². The molecule has 0 aromatic heterocycles. The number of carbonyl (C=O) groups is 1. The Morgan fingerprint density at radius 2 is 1.91 bits per heavy atom. The van der Waals surface area contributed by atoms with Gasteiger partial charge in [0.15, 0.2) is 0 Å². The number of carbonyl (C=O) groups excluding carboxylic acids is 1. The van der Waals surface area contributed by atoms with E-state index in [1.54, 1.807) is 12.1 Å². The van der Waals surface area contributed by atoms with Crippen molar-refractivity contribution >= 4 is 21.6 Å². The number of para-hydroxylation sites is 1. The first-order valence-corrected chi connectivity index (χ1v) is 8.50. The Labute approximate surface area is 136 Å². The molecule has 5 nitrogen and oxygen atoms in total. The normalized spacial score (nSPS) is 11.0. The fourth-order valence-corrected chi connectivity index (χ4v) is 3.01. The zero-order valence-electron chi connectivity index (χ0n) is 12.7. The van der Waals surface area contributed by atoms with E-state index in [0.717, 1.165) is 5.56 Å². The van der Waals surface area contributed by atoms with Crippen molar-refractivity contribution in [3.05, 3.63) is 72.3 Å². The topological polar surface area (TPSA) is 75.3 Å². The number of hydrogen-bond donors (Lipinski definition) is 2. The molecule has 0 aliphatic rings. The van der Waals surface area contributed by atoms with E-state index in [4.69, 9.17) is 0 Å². The van der Waals surface area contributed by atoms with Crippen molar-refractivity contribution < 1.29 is 13.2 Å². The summed E-state index contributed by atoms with van der Waals surface area (Å²) in [7, 11) is -3.66. The SMILES string of the molecule is C=CCNS(=O)(=O)c1cccc(C(=O)Nc2ccccc2C)c1. The number of anilines is 1. The largest absolute Gasteiger partial charge is 0.322 e. The minimum atomic E-state index is -3.66. The number of sulfonamides is 1. The van der Waals surface area contributed by atoms with Gasteiger partial charge in [-0.2, -0.15) is 0 Å². The van der Waals surface area contributed by atoms with E-state index < -0.39 is 10.0 Å². The first-order valence-electron chi connectivity index (χ1n) is 7.01. The Balaban J connectivity index is 2.24. The van der Waals surface area contributed by atoms with Crippen molar-refractivity contribution in [1.29, 1.82) is 0 Å². The molecule has 0 spiro atoms. The number of aryl methyl sites for hydroxylation is 1. The molecule has 1 amide bonds. The van der Waals surface area contributed by atoms with E-state index in [1.807, 2.05) is 25.1 Å². The molecule has 0 aliphatic carbocycles. The molecule has 0 fully saturated rings. The van der Waals surface area contributed by atoms with E-state index in [9.17, 15) is 13.2 Å². The van der Waals surface area contributed by atoms with E-state index >= 15 is 0 Å². The summed E-state index contributed by atoms with van der Waals surface area (Å²) in [5.74, 6) is -0.361. The van der Waals surface area contributed by atoms with Gasteiger partial charge in [0.05, 0.1) is 4.90 Å². The molecule has 0 radical (unpaired) electrons. The molecule has 23 heavy (non-hydrogen) atoms. The highest BCUT2D eigenvalue weighted by molar-refractivity contribution is 7.89. The summed E-state index contributed by atoms with van der Waals surface area (Å²) in [6, 6.07) is 13.3. The fraction of sp³-hybridized carbons (Fsp3) is 0.118. The van der Waals surface area contributed by atoms with Crippen LogP contribution >= 0.6 is 0 Å². The van der Waals surface area contributed by atoms with Crippen LogP contribution in [0.4, 0.5) is 5.69 Å². The lowest BCUT2D eigenvalue weighted by molar-refractivity contribution is 0.102. The summed E-state index contributed by atoms with van der Waals surface area (Å²) in [4.78, 5) is 12.4. The van der Waals surface area contributed by atoms with Crippen LogP contribution in [-0.4, -0.2) is 20.9 Å². The second-order valence-corrected chi connectivity index (χ2v) is 6.70. The van der Waals surface area contributed by atoms with Crippen LogP contribution in [0.25, 0.3) is 0 Å². The maximum atomic E-state index is 12.3. The molecule has 0 bridgehead atoms. The van der Waals surface area contributed by atoms with Gasteiger partial charge >= 0.3 is 0 Å². The maximum absolute atomic E-state index is 12.3. The minimum Gasteiger partial charge on any atom is -0.322 e. The van der Waals surface area contributed by atoms with Gasteiger partial charge in [-0.15, -0.1) is 6.58 Å². The first kappa shape index (κ1) is 16.9. The fourth-order valence-electron chi connectivity index (χ4n) is 1.96. The molecule has 0 saturated carbocycles. The molecule has 0 unspecified atom stereocenters. The molecule has 0 saturated heterocycles. The monoisotopic (exact) mass is 330 g/mol. The van der Waals surface area contributed by atoms with E-state index in [2.05, 4.69) is 16.6 Å². The summed E-state index contributed by atoms with van der Waals surface area (Å²) in [6.07, 6.45) is 1.45. The second-order valence-electron chi connectivity index (χ2n) is 4.94. The Morgan fingerprint density at radius 1 is 1.17 bits per heavy atom. The smallest absolute Gasteiger partial charge is 0.255 e. The van der Waals surface area contributed by atoms with Crippen LogP contribution in [0.3, 0.4) is 0 Å². The van der Waals surface area contributed by atoms with Crippen molar-refractivity contribution in [2.24, 2.45) is 0 Å². The average molecular weight is 330 g/mol. The molecule has 6 heteroatoms. The van der Waals surface area contributed by atoms with Crippen LogP contribution < -0.4 is 10.0 Å². The molecule has 0 atom stereocenters. The predicted molar refractivity (Wildman–Crippen MR) is 91.0 cm³/mol. The first-order chi connectivity index (χ1) is 10.9. The van der Waals surface area contributed by atoms with Crippen molar-refractivity contribution in [3.63, 3.8) is 0 Å². The maximum Gasteiger partial charge on any atom is 0.255 e. The van der Waals surface area contributed by atoms with Crippen LogP contribution in [-0.2, 0) is 10.0 Å². The van der Waals surface area contributed by atoms with Crippen LogP contribution in [0.5, 0.6) is 0 Å². The lowest BCUT2D eigenvalue weighted by atomic mass is 10.1. The Morgan fingerprint density at radius 3 is 2.61 bits per heavy atom. The summed E-state index contributed by atoms with van der Waals surface area (Å²) < 4.78 is 26.5. The lowest BCUT2D eigenvalue weighted by Crippen LogP contribution is -2.24. The van der Waals surface area contributed by atoms with Gasteiger partial charge in [0.2, 0.25) is 10.0 Å². The molecule has 120 valence electrons. The third-order valence-electron chi connectivity index (χ3n) is 3.22. The van der Waals surface area contributed by atoms with Crippen LogP contribution in [0.15, 0.2) is 66.1 Å². The molecule has 0 aliphatic heterocycles. The van der Waals surface area contributed by atoms with Gasteiger partial charge < -0.3 is 5.32 Å². The second kappa shape index (κ2) is 7.21. The van der Waals surface area contributed by atoms with E-state index in [-0.39, 0.29) is 22.9 Å². The highest BCUT2D eigenvalue weighted by Gasteiger charge is 2.15. The Kier molecular flexibility index (Phi) is 5.31. The zero-order valence-corrected chi connectivity index (χ0v) is 13.6. The standard InChI is InChI=1S/C17H18N2O3S/c1-3-11-18-23(21,22)15-9-6-8-14(12-15)17(20)19-16-10-5-4-7-13(16)2/h3-10,12,18H,1,11H2,2H3,(H,19,20). The number of rotatable bonds is 6. The molecule has 0 heterocycles. The van der Waals surface area contributed by atoms with E-state index in [1.165, 1.54) is 24.3 Å². The van der Waals surface area contributed by atoms with Gasteiger partial charge in [-0.3, -0.25) is 4.79 Å². The molecular weight excluding hydrogens is 312 g/mol. The lowest BCUT2D eigenvalue weighted by Gasteiger charge is -2.09. The highest BCUT2D eigenvalue weighted by Crippen LogP contribution is 2.16. The zero-order chi connectivity index (χ0) is 16.9. The van der Waals surface area contributed by atoms with E-state index in [0.29, 0.717) is 5.69 Å². The van der Waals surface area contributed by atoms with Gasteiger partial charge in [-0.25, -0.2) is 13.1 Å². The highest BCUT2D eigenvalue weighted by atomic mass is 32.2. The van der Waals surface area contributed by atoms with Crippen molar-refractivity contribution in [2.75, 3.05) is 11.9 Å². The van der Waals surface area contributed by atoms with Crippen molar-refractivity contribution in [2.45, 2.75) is 11.8 Å². The molecular formula is C17H18N2O3S. The third kappa shape index (κ3) is 4.28. The van der Waals surface area contributed by atoms with Gasteiger partial charge in [0, 0.05) is 17.8 Å². The molecule has 2 rings (SSSR count). The van der Waals surface area contributed by atoms with Crippen LogP contribution in [0, 0.1) is 6.92 Å². The van der Waals surface area contributed by atoms with Gasteiger partial charge in [-0.1, -0.05) is 30.3 Å². The van der Waals surface area contributed by atoms with Crippen LogP contribution in [0.1, 0.15) is 15.9 Å². The Bertz CT molecular complexity index is 829. The number of hydrogen-bond acceptors (Lipinski definition) is 3. The minimum absolute atomic E-state index is 0.0387.